The highest BCUT2D eigenvalue weighted by Gasteiger charge is 1.94. The van der Waals surface area contributed by atoms with E-state index in [-0.39, 0.29) is 18.3 Å². The quantitative estimate of drug-likeness (QED) is 0.579. The Morgan fingerprint density at radius 2 is 1.90 bits per heavy atom. The Bertz CT molecular complexity index is 77.1. The fourth-order valence-electron chi connectivity index (χ4n) is 0.0488. The highest BCUT2D eigenvalue weighted by Crippen LogP contribution is 1.81. The molecule has 0 heterocycles. The first-order valence-corrected chi connectivity index (χ1v) is 3.40. The number of Topliss-reactive ketones (excluding diaryl/α,β-unsaturated/α-hetero) is 1. The first-order chi connectivity index (χ1) is 4.54. The second-order valence-corrected chi connectivity index (χ2v) is 2.21. The van der Waals surface area contributed by atoms with Crippen LogP contribution in [0.5, 0.6) is 0 Å². The van der Waals surface area contributed by atoms with Crippen LogP contribution in [0.3, 0.4) is 0 Å². The minimum Gasteiger partial charge on any atom is -0.394 e. The van der Waals surface area contributed by atoms with Crippen molar-refractivity contribution in [2.24, 2.45) is 0 Å². The zero-order chi connectivity index (χ0) is 8.57. The third-order valence-electron chi connectivity index (χ3n) is 0.389. The molecule has 0 fully saturated rings. The van der Waals surface area contributed by atoms with Gasteiger partial charge in [0.1, 0.15) is 5.78 Å². The zero-order valence-electron chi connectivity index (χ0n) is 6.17. The normalized spacial score (nSPS) is 11.3. The number of halogens is 1. The number of carbonyl (C=O) groups excluding carboxylic acids is 1. The van der Waals surface area contributed by atoms with E-state index in [1.54, 1.807) is 0 Å². The van der Waals surface area contributed by atoms with Crippen LogP contribution in [0.4, 0.5) is 0 Å². The monoisotopic (exact) mass is 168 g/mol. The Morgan fingerprint density at radius 1 is 1.60 bits per heavy atom. The molecule has 0 saturated carbocycles. The number of aliphatic hydroxyl groups excluding tert-OH is 2. The fraction of sp³-hybridized carbons (Fsp3) is 0.833. The van der Waals surface area contributed by atoms with E-state index in [2.05, 4.69) is 0 Å². The summed E-state index contributed by atoms with van der Waals surface area (Å²) < 4.78 is 0. The van der Waals surface area contributed by atoms with Gasteiger partial charge in [-0.05, 0) is 13.8 Å². The van der Waals surface area contributed by atoms with E-state index < -0.39 is 6.10 Å². The van der Waals surface area contributed by atoms with Crippen LogP contribution in [0.1, 0.15) is 13.8 Å². The predicted octanol–water partition coefficient (Wildman–Crippen LogP) is 0.174. The Balaban J connectivity index is 0. The summed E-state index contributed by atoms with van der Waals surface area (Å²) in [7, 11) is 0. The third kappa shape index (κ3) is 24.8. The Morgan fingerprint density at radius 3 is 1.90 bits per heavy atom. The highest BCUT2D eigenvalue weighted by atomic mass is 35.5. The summed E-state index contributed by atoms with van der Waals surface area (Å²) in [5.41, 5.74) is 0. The van der Waals surface area contributed by atoms with Crippen molar-refractivity contribution in [3.63, 3.8) is 0 Å². The fourth-order valence-corrected chi connectivity index (χ4v) is 0.146. The molecule has 3 nitrogen and oxygen atoms in total. The van der Waals surface area contributed by atoms with Crippen LogP contribution in [-0.4, -0.2) is 34.6 Å². The SMILES string of the molecule is CC(C)=O.OCC(O)CCl. The van der Waals surface area contributed by atoms with Gasteiger partial charge in [-0.2, -0.15) is 0 Å². The molecule has 0 rings (SSSR count). The molecule has 2 N–H and O–H groups in total. The number of alkyl halides is 1. The summed E-state index contributed by atoms with van der Waals surface area (Å²) in [5.74, 6) is 0.274. The number of carbonyl (C=O) groups is 1. The number of aliphatic hydroxyl groups is 2. The number of hydrogen-bond acceptors (Lipinski definition) is 3. The van der Waals surface area contributed by atoms with Gasteiger partial charge in [0.2, 0.25) is 0 Å². The molecule has 62 valence electrons. The Kier molecular flexibility index (Phi) is 11.1. The average molecular weight is 169 g/mol. The van der Waals surface area contributed by atoms with Crippen molar-refractivity contribution in [1.29, 1.82) is 0 Å². The Labute approximate surface area is 65.6 Å². The maximum Gasteiger partial charge on any atom is 0.126 e. The molecule has 0 spiro atoms. The Hall–Kier alpha value is -0.120. The zero-order valence-corrected chi connectivity index (χ0v) is 6.93. The summed E-state index contributed by atoms with van der Waals surface area (Å²) in [6, 6.07) is 0. The molecule has 1 unspecified atom stereocenters. The molecule has 0 saturated heterocycles. The van der Waals surface area contributed by atoms with Crippen molar-refractivity contribution in [3.05, 3.63) is 0 Å². The van der Waals surface area contributed by atoms with Gasteiger partial charge >= 0.3 is 0 Å². The minimum absolute atomic E-state index is 0.108. The van der Waals surface area contributed by atoms with E-state index in [1.807, 2.05) is 0 Å². The van der Waals surface area contributed by atoms with Crippen LogP contribution < -0.4 is 0 Å². The van der Waals surface area contributed by atoms with Gasteiger partial charge in [0.15, 0.2) is 0 Å². The summed E-state index contributed by atoms with van der Waals surface area (Å²) in [4.78, 5) is 9.44. The molecule has 0 aliphatic rings. The molecule has 0 aliphatic carbocycles. The van der Waals surface area contributed by atoms with Crippen molar-refractivity contribution in [2.45, 2.75) is 20.0 Å². The van der Waals surface area contributed by atoms with Crippen molar-refractivity contribution in [1.82, 2.24) is 0 Å². The molecule has 0 amide bonds. The van der Waals surface area contributed by atoms with E-state index in [1.165, 1.54) is 13.8 Å². The van der Waals surface area contributed by atoms with Crippen LogP contribution >= 0.6 is 11.6 Å². The van der Waals surface area contributed by atoms with Crippen molar-refractivity contribution in [3.8, 4) is 0 Å². The molecule has 4 heteroatoms. The standard InChI is InChI=1S/C3H7ClO2.C3H6O/c4-1-3(6)2-5;1-3(2)4/h3,5-6H,1-2H2;1-2H3. The van der Waals surface area contributed by atoms with Crippen LogP contribution in [0.2, 0.25) is 0 Å². The lowest BCUT2D eigenvalue weighted by molar-refractivity contribution is -0.114. The lowest BCUT2D eigenvalue weighted by Gasteiger charge is -1.95. The lowest BCUT2D eigenvalue weighted by Crippen LogP contribution is -2.12. The first kappa shape index (κ1) is 12.5. The predicted molar refractivity (Wildman–Crippen MR) is 40.2 cm³/mol. The van der Waals surface area contributed by atoms with E-state index >= 15 is 0 Å². The lowest BCUT2D eigenvalue weighted by atomic mass is 10.5. The number of hydrogen-bond donors (Lipinski definition) is 2. The van der Waals surface area contributed by atoms with E-state index in [9.17, 15) is 4.79 Å². The average Bonchev–Trinajstić information content (AvgIpc) is 1.85. The molecule has 0 aliphatic heterocycles. The van der Waals surface area contributed by atoms with Gasteiger partial charge in [-0.1, -0.05) is 0 Å². The largest absolute Gasteiger partial charge is 0.394 e. The topological polar surface area (TPSA) is 57.5 Å². The smallest absolute Gasteiger partial charge is 0.126 e. The first-order valence-electron chi connectivity index (χ1n) is 2.86. The van der Waals surface area contributed by atoms with E-state index in [4.69, 9.17) is 21.8 Å². The number of rotatable bonds is 2. The van der Waals surface area contributed by atoms with Crippen LogP contribution in [0, 0.1) is 0 Å². The molecule has 0 radical (unpaired) electrons. The van der Waals surface area contributed by atoms with Gasteiger partial charge < -0.3 is 15.0 Å². The van der Waals surface area contributed by atoms with Gasteiger partial charge in [-0.3, -0.25) is 0 Å². The molecular weight excluding hydrogens is 156 g/mol. The molecule has 0 aromatic heterocycles. The van der Waals surface area contributed by atoms with Crippen molar-refractivity contribution < 1.29 is 15.0 Å². The van der Waals surface area contributed by atoms with Crippen LogP contribution in [-0.2, 0) is 4.79 Å². The van der Waals surface area contributed by atoms with Gasteiger partial charge in [0.25, 0.3) is 0 Å². The molecule has 0 bridgehead atoms. The second-order valence-electron chi connectivity index (χ2n) is 1.90. The van der Waals surface area contributed by atoms with Gasteiger partial charge in [0, 0.05) is 0 Å². The van der Waals surface area contributed by atoms with Gasteiger partial charge in [-0.25, -0.2) is 0 Å². The van der Waals surface area contributed by atoms with Gasteiger partial charge in [-0.15, -0.1) is 11.6 Å². The summed E-state index contributed by atoms with van der Waals surface area (Å²) >= 11 is 5.04. The number of ketones is 1. The molecule has 10 heavy (non-hydrogen) atoms. The maximum atomic E-state index is 9.44. The third-order valence-corrected chi connectivity index (χ3v) is 0.745. The summed E-state index contributed by atoms with van der Waals surface area (Å²) in [5, 5.41) is 16.3. The maximum absolute atomic E-state index is 9.44. The van der Waals surface area contributed by atoms with Crippen LogP contribution in [0.25, 0.3) is 0 Å². The van der Waals surface area contributed by atoms with Gasteiger partial charge in [0.05, 0.1) is 18.6 Å². The van der Waals surface area contributed by atoms with E-state index in [0.29, 0.717) is 0 Å². The second kappa shape index (κ2) is 8.88. The summed E-state index contributed by atoms with van der Waals surface area (Å²) in [6.45, 7) is 2.81. The molecule has 0 aromatic rings. The molecular formula is C6H13ClO3. The molecule has 1 atom stereocenters. The van der Waals surface area contributed by atoms with E-state index in [0.717, 1.165) is 0 Å². The highest BCUT2D eigenvalue weighted by molar-refractivity contribution is 6.18. The molecule has 0 aromatic carbocycles. The van der Waals surface area contributed by atoms with Crippen molar-refractivity contribution in [2.75, 3.05) is 12.5 Å². The minimum atomic E-state index is -0.744. The van der Waals surface area contributed by atoms with Crippen molar-refractivity contribution >= 4 is 17.4 Å². The van der Waals surface area contributed by atoms with Crippen LogP contribution in [0.15, 0.2) is 0 Å². The summed E-state index contributed by atoms with van der Waals surface area (Å²) in [6.07, 6.45) is -0.744.